The van der Waals surface area contributed by atoms with Crippen molar-refractivity contribution in [1.29, 1.82) is 0 Å². The van der Waals surface area contributed by atoms with Crippen LogP contribution < -0.4 is 0 Å². The normalized spacial score (nSPS) is 11.3. The molecule has 6 heteroatoms. The molecular weight excluding hydrogens is 278 g/mol. The highest BCUT2D eigenvalue weighted by Gasteiger charge is 2.14. The summed E-state index contributed by atoms with van der Waals surface area (Å²) in [6.07, 6.45) is 1.06. The molecule has 20 heavy (non-hydrogen) atoms. The summed E-state index contributed by atoms with van der Waals surface area (Å²) in [5.41, 5.74) is 0.904. The molecular formula is C14H22ClN3O2. The fraction of sp³-hybridized carbons (Fsp3) is 0.571. The van der Waals surface area contributed by atoms with Crippen LogP contribution in [0.5, 0.6) is 0 Å². The second-order valence-electron chi connectivity index (χ2n) is 5.12. The fourth-order valence-corrected chi connectivity index (χ4v) is 2.17. The number of benzene rings is 1. The molecule has 0 amide bonds. The summed E-state index contributed by atoms with van der Waals surface area (Å²) >= 11 is 5.83. The largest absolute Gasteiger partial charge is 0.308 e. The Balaban J connectivity index is 2.77. The molecule has 5 nitrogen and oxygen atoms in total. The van der Waals surface area contributed by atoms with Crippen molar-refractivity contribution in [2.75, 3.05) is 33.7 Å². The van der Waals surface area contributed by atoms with Gasteiger partial charge in [0.15, 0.2) is 0 Å². The number of hydrogen-bond acceptors (Lipinski definition) is 4. The number of halogens is 1. The summed E-state index contributed by atoms with van der Waals surface area (Å²) in [5.74, 6) is 0. The Labute approximate surface area is 125 Å². The van der Waals surface area contributed by atoms with Crippen LogP contribution >= 0.6 is 11.6 Å². The van der Waals surface area contributed by atoms with E-state index in [-0.39, 0.29) is 10.7 Å². The van der Waals surface area contributed by atoms with Gasteiger partial charge in [0.05, 0.1) is 4.92 Å². The van der Waals surface area contributed by atoms with Gasteiger partial charge in [-0.05, 0) is 38.7 Å². The minimum absolute atomic E-state index is 0.0202. The Morgan fingerprint density at radius 2 is 1.95 bits per heavy atom. The lowest BCUT2D eigenvalue weighted by Crippen LogP contribution is -2.32. The molecule has 1 rings (SSSR count). The zero-order chi connectivity index (χ0) is 15.1. The third-order valence-electron chi connectivity index (χ3n) is 3.02. The predicted molar refractivity (Wildman–Crippen MR) is 82.2 cm³/mol. The molecule has 0 fully saturated rings. The lowest BCUT2D eigenvalue weighted by molar-refractivity contribution is -0.384. The van der Waals surface area contributed by atoms with Gasteiger partial charge in [0, 0.05) is 25.7 Å². The smallest absolute Gasteiger partial charge is 0.288 e. The molecule has 0 aliphatic rings. The number of likely N-dealkylation sites (N-methyl/N-ethyl adjacent to an activating group) is 1. The molecule has 0 saturated heterocycles. The quantitative estimate of drug-likeness (QED) is 0.547. The van der Waals surface area contributed by atoms with E-state index in [4.69, 9.17) is 11.6 Å². The molecule has 0 atom stereocenters. The third-order valence-corrected chi connectivity index (χ3v) is 3.34. The van der Waals surface area contributed by atoms with Gasteiger partial charge in [-0.25, -0.2) is 0 Å². The van der Waals surface area contributed by atoms with E-state index in [1.54, 1.807) is 12.1 Å². The first kappa shape index (κ1) is 16.9. The van der Waals surface area contributed by atoms with E-state index in [1.807, 2.05) is 20.2 Å². The second-order valence-corrected chi connectivity index (χ2v) is 5.53. The van der Waals surface area contributed by atoms with Gasteiger partial charge in [-0.2, -0.15) is 0 Å². The van der Waals surface area contributed by atoms with Crippen LogP contribution in [-0.4, -0.2) is 48.5 Å². The van der Waals surface area contributed by atoms with Crippen LogP contribution in [0, 0.1) is 10.1 Å². The summed E-state index contributed by atoms with van der Waals surface area (Å²) in [6, 6.07) is 5.03. The van der Waals surface area contributed by atoms with Gasteiger partial charge in [-0.1, -0.05) is 24.6 Å². The van der Waals surface area contributed by atoms with Crippen LogP contribution in [0.1, 0.15) is 18.9 Å². The lowest BCUT2D eigenvalue weighted by atomic mass is 10.2. The van der Waals surface area contributed by atoms with Crippen molar-refractivity contribution in [3.63, 3.8) is 0 Å². The molecule has 0 heterocycles. The van der Waals surface area contributed by atoms with Crippen molar-refractivity contribution < 1.29 is 4.92 Å². The summed E-state index contributed by atoms with van der Waals surface area (Å²) in [6.45, 7) is 5.73. The molecule has 0 saturated carbocycles. The molecule has 0 aromatic heterocycles. The first-order valence-electron chi connectivity index (χ1n) is 6.74. The van der Waals surface area contributed by atoms with Crippen LogP contribution in [0.15, 0.2) is 18.2 Å². The number of rotatable bonds is 8. The molecule has 0 N–H and O–H groups in total. The maximum atomic E-state index is 10.9. The lowest BCUT2D eigenvalue weighted by Gasteiger charge is -2.23. The first-order valence-corrected chi connectivity index (χ1v) is 7.11. The Kier molecular flexibility index (Phi) is 6.91. The van der Waals surface area contributed by atoms with Gasteiger partial charge in [0.2, 0.25) is 0 Å². The number of nitrogens with zero attached hydrogens (tertiary/aromatic N) is 3. The zero-order valence-corrected chi connectivity index (χ0v) is 13.1. The molecule has 1 aromatic carbocycles. The van der Waals surface area contributed by atoms with Crippen LogP contribution in [0.2, 0.25) is 5.02 Å². The van der Waals surface area contributed by atoms with Crippen LogP contribution in [0.25, 0.3) is 0 Å². The predicted octanol–water partition coefficient (Wildman–Crippen LogP) is 3.02. The van der Waals surface area contributed by atoms with Crippen molar-refractivity contribution in [3.8, 4) is 0 Å². The third kappa shape index (κ3) is 5.45. The van der Waals surface area contributed by atoms with E-state index in [1.165, 1.54) is 0 Å². The van der Waals surface area contributed by atoms with E-state index in [2.05, 4.69) is 16.7 Å². The Hall–Kier alpha value is -1.17. The molecule has 1 aromatic rings. The molecule has 0 unspecified atom stereocenters. The second kappa shape index (κ2) is 8.19. The van der Waals surface area contributed by atoms with Crippen molar-refractivity contribution in [3.05, 3.63) is 38.9 Å². The van der Waals surface area contributed by atoms with Crippen LogP contribution in [-0.2, 0) is 6.54 Å². The fourth-order valence-electron chi connectivity index (χ4n) is 1.98. The average molecular weight is 300 g/mol. The van der Waals surface area contributed by atoms with Gasteiger partial charge in [0.1, 0.15) is 5.02 Å². The van der Waals surface area contributed by atoms with Crippen molar-refractivity contribution in [1.82, 2.24) is 9.80 Å². The molecule has 0 aliphatic carbocycles. The number of nitro groups is 1. The highest BCUT2D eigenvalue weighted by Crippen LogP contribution is 2.25. The average Bonchev–Trinajstić information content (AvgIpc) is 2.38. The van der Waals surface area contributed by atoms with Crippen molar-refractivity contribution >= 4 is 17.3 Å². The summed E-state index contributed by atoms with van der Waals surface area (Å²) in [7, 11) is 4.08. The standard InChI is InChI=1S/C14H22ClN3O2/c1-4-7-17(9-8-16(2)3)11-12-5-6-13(15)14(10-12)18(19)20/h5-6,10H,4,7-9,11H2,1-3H3. The molecule has 0 bridgehead atoms. The minimum Gasteiger partial charge on any atom is -0.308 e. The molecule has 0 radical (unpaired) electrons. The van der Waals surface area contributed by atoms with E-state index in [9.17, 15) is 10.1 Å². The van der Waals surface area contributed by atoms with Gasteiger partial charge in [-0.3, -0.25) is 15.0 Å². The number of nitro benzene ring substituents is 1. The SMILES string of the molecule is CCCN(CCN(C)C)Cc1ccc(Cl)c([N+](=O)[O-])c1. The maximum Gasteiger partial charge on any atom is 0.288 e. The monoisotopic (exact) mass is 299 g/mol. The summed E-state index contributed by atoms with van der Waals surface area (Å²) in [5, 5.41) is 11.1. The first-order chi connectivity index (χ1) is 9.43. The summed E-state index contributed by atoms with van der Waals surface area (Å²) in [4.78, 5) is 14.9. The molecule has 0 aliphatic heterocycles. The Morgan fingerprint density at radius 3 is 2.50 bits per heavy atom. The highest BCUT2D eigenvalue weighted by molar-refractivity contribution is 6.32. The van der Waals surface area contributed by atoms with E-state index >= 15 is 0 Å². The Morgan fingerprint density at radius 1 is 1.25 bits per heavy atom. The minimum atomic E-state index is -0.435. The summed E-state index contributed by atoms with van der Waals surface area (Å²) < 4.78 is 0. The van der Waals surface area contributed by atoms with Gasteiger partial charge in [-0.15, -0.1) is 0 Å². The van der Waals surface area contributed by atoms with E-state index in [0.717, 1.165) is 31.6 Å². The van der Waals surface area contributed by atoms with Gasteiger partial charge >= 0.3 is 0 Å². The van der Waals surface area contributed by atoms with Crippen molar-refractivity contribution in [2.24, 2.45) is 0 Å². The highest BCUT2D eigenvalue weighted by atomic mass is 35.5. The van der Waals surface area contributed by atoms with Gasteiger partial charge in [0.25, 0.3) is 5.69 Å². The maximum absolute atomic E-state index is 10.9. The number of hydrogen-bond donors (Lipinski definition) is 0. The van der Waals surface area contributed by atoms with E-state index < -0.39 is 4.92 Å². The molecule has 0 spiro atoms. The van der Waals surface area contributed by atoms with Gasteiger partial charge < -0.3 is 4.90 Å². The topological polar surface area (TPSA) is 49.6 Å². The van der Waals surface area contributed by atoms with Crippen molar-refractivity contribution in [2.45, 2.75) is 19.9 Å². The molecule has 112 valence electrons. The van der Waals surface area contributed by atoms with Crippen LogP contribution in [0.4, 0.5) is 5.69 Å². The Bertz CT molecular complexity index is 452. The zero-order valence-electron chi connectivity index (χ0n) is 12.3. The van der Waals surface area contributed by atoms with E-state index in [0.29, 0.717) is 6.54 Å². The van der Waals surface area contributed by atoms with Crippen LogP contribution in [0.3, 0.4) is 0 Å².